The molecular formula is C10H13N3O3. The van der Waals surface area contributed by atoms with Crippen LogP contribution in [-0.2, 0) is 4.79 Å². The average Bonchev–Trinajstić information content (AvgIpc) is 2.61. The second kappa shape index (κ2) is 3.96. The van der Waals surface area contributed by atoms with Gasteiger partial charge in [-0.05, 0) is 5.92 Å². The highest BCUT2D eigenvalue weighted by molar-refractivity contribution is 5.72. The summed E-state index contributed by atoms with van der Waals surface area (Å²) in [6, 6.07) is 0. The summed E-state index contributed by atoms with van der Waals surface area (Å²) in [4.78, 5) is 30.7. The van der Waals surface area contributed by atoms with Crippen molar-refractivity contribution in [2.45, 2.75) is 6.92 Å². The lowest BCUT2D eigenvalue weighted by molar-refractivity contribution is -0.142. The topological polar surface area (TPSA) is 86.3 Å². The number of nitrogens with one attached hydrogen (secondary N) is 1. The van der Waals surface area contributed by atoms with Gasteiger partial charge in [-0.2, -0.15) is 0 Å². The molecule has 0 aliphatic carbocycles. The summed E-state index contributed by atoms with van der Waals surface area (Å²) in [5.41, 5.74) is -0.277. The van der Waals surface area contributed by atoms with Crippen LogP contribution >= 0.6 is 0 Å². The molecule has 0 amide bonds. The minimum absolute atomic E-state index is 0.0268. The number of aromatic nitrogens is 2. The van der Waals surface area contributed by atoms with Crippen LogP contribution in [-0.4, -0.2) is 34.1 Å². The van der Waals surface area contributed by atoms with E-state index in [0.717, 1.165) is 0 Å². The zero-order valence-corrected chi connectivity index (χ0v) is 8.88. The van der Waals surface area contributed by atoms with Gasteiger partial charge in [-0.1, -0.05) is 6.92 Å². The van der Waals surface area contributed by atoms with E-state index >= 15 is 0 Å². The van der Waals surface area contributed by atoms with Crippen molar-refractivity contribution in [1.29, 1.82) is 0 Å². The first-order valence-electron chi connectivity index (χ1n) is 5.11. The molecule has 1 fully saturated rings. The number of rotatable bonds is 2. The van der Waals surface area contributed by atoms with Gasteiger partial charge in [0.15, 0.2) is 5.82 Å². The van der Waals surface area contributed by atoms with Crippen LogP contribution in [0.15, 0.2) is 17.2 Å². The number of hydrogen-bond donors (Lipinski definition) is 2. The van der Waals surface area contributed by atoms with Crippen LogP contribution in [0.3, 0.4) is 0 Å². The Morgan fingerprint density at radius 3 is 2.94 bits per heavy atom. The van der Waals surface area contributed by atoms with Crippen molar-refractivity contribution < 1.29 is 9.90 Å². The third-order valence-corrected chi connectivity index (χ3v) is 2.92. The maximum absolute atomic E-state index is 11.5. The summed E-state index contributed by atoms with van der Waals surface area (Å²) in [6.45, 7) is 2.77. The molecule has 2 heterocycles. The maximum Gasteiger partial charge on any atom is 0.308 e. The number of aromatic amines is 1. The highest BCUT2D eigenvalue weighted by Crippen LogP contribution is 2.25. The van der Waals surface area contributed by atoms with Crippen LogP contribution in [0.1, 0.15) is 6.92 Å². The lowest BCUT2D eigenvalue weighted by atomic mass is 9.99. The van der Waals surface area contributed by atoms with Crippen LogP contribution in [0.5, 0.6) is 0 Å². The highest BCUT2D eigenvalue weighted by atomic mass is 16.4. The Morgan fingerprint density at radius 1 is 1.62 bits per heavy atom. The smallest absolute Gasteiger partial charge is 0.308 e. The highest BCUT2D eigenvalue weighted by Gasteiger charge is 2.36. The summed E-state index contributed by atoms with van der Waals surface area (Å²) < 4.78 is 0. The first-order valence-corrected chi connectivity index (χ1v) is 5.11. The van der Waals surface area contributed by atoms with Crippen molar-refractivity contribution >= 4 is 11.8 Å². The van der Waals surface area contributed by atoms with Crippen molar-refractivity contribution in [2.24, 2.45) is 11.8 Å². The van der Waals surface area contributed by atoms with E-state index in [4.69, 9.17) is 5.11 Å². The van der Waals surface area contributed by atoms with Crippen molar-refractivity contribution in [1.82, 2.24) is 9.97 Å². The number of carboxylic acids is 1. The Balaban J connectivity index is 2.24. The molecule has 1 aliphatic heterocycles. The van der Waals surface area contributed by atoms with E-state index < -0.39 is 11.9 Å². The van der Waals surface area contributed by atoms with Gasteiger partial charge in [-0.15, -0.1) is 0 Å². The molecule has 2 unspecified atom stereocenters. The van der Waals surface area contributed by atoms with E-state index in [1.54, 1.807) is 4.90 Å². The monoisotopic (exact) mass is 223 g/mol. The van der Waals surface area contributed by atoms with E-state index in [-0.39, 0.29) is 11.5 Å². The Hall–Kier alpha value is -1.85. The summed E-state index contributed by atoms with van der Waals surface area (Å²) in [5.74, 6) is -0.916. The average molecular weight is 223 g/mol. The standard InChI is InChI=1S/C10H13N3O3/c1-6-4-13(5-7(6)10(15)16)8-9(14)12-3-2-11-8/h2-3,6-7H,4-5H2,1H3,(H,12,14)(H,15,16). The van der Waals surface area contributed by atoms with Crippen LogP contribution in [0.25, 0.3) is 0 Å². The largest absolute Gasteiger partial charge is 0.481 e. The summed E-state index contributed by atoms with van der Waals surface area (Å²) in [6.07, 6.45) is 2.95. The molecule has 0 spiro atoms. The molecule has 86 valence electrons. The number of hydrogen-bond acceptors (Lipinski definition) is 4. The third-order valence-electron chi connectivity index (χ3n) is 2.92. The molecule has 1 aromatic rings. The molecular weight excluding hydrogens is 210 g/mol. The number of aliphatic carboxylic acids is 1. The van der Waals surface area contributed by atoms with Gasteiger partial charge >= 0.3 is 5.97 Å². The van der Waals surface area contributed by atoms with Gasteiger partial charge in [0, 0.05) is 25.5 Å². The fourth-order valence-corrected chi connectivity index (χ4v) is 2.03. The predicted molar refractivity (Wildman–Crippen MR) is 57.4 cm³/mol. The van der Waals surface area contributed by atoms with Crippen LogP contribution in [0.4, 0.5) is 5.82 Å². The first-order chi connectivity index (χ1) is 7.59. The summed E-state index contributed by atoms with van der Waals surface area (Å²) in [7, 11) is 0. The van der Waals surface area contributed by atoms with Crippen LogP contribution in [0, 0.1) is 11.8 Å². The molecule has 1 aromatic heterocycles. The zero-order chi connectivity index (χ0) is 11.7. The van der Waals surface area contributed by atoms with Gasteiger partial charge < -0.3 is 15.0 Å². The predicted octanol–water partition coefficient (Wildman–Crippen LogP) is -0.0732. The van der Waals surface area contributed by atoms with Crippen molar-refractivity contribution in [2.75, 3.05) is 18.0 Å². The molecule has 6 nitrogen and oxygen atoms in total. The fraction of sp³-hybridized carbons (Fsp3) is 0.500. The molecule has 1 saturated heterocycles. The molecule has 0 bridgehead atoms. The molecule has 2 N–H and O–H groups in total. The van der Waals surface area contributed by atoms with E-state index in [2.05, 4.69) is 9.97 Å². The van der Waals surface area contributed by atoms with Crippen molar-refractivity contribution in [3.63, 3.8) is 0 Å². The normalized spacial score (nSPS) is 24.7. The van der Waals surface area contributed by atoms with Crippen LogP contribution < -0.4 is 10.5 Å². The Bertz CT molecular complexity index is 457. The van der Waals surface area contributed by atoms with Crippen LogP contribution in [0.2, 0.25) is 0 Å². The third kappa shape index (κ3) is 1.78. The second-order valence-electron chi connectivity index (χ2n) is 4.07. The van der Waals surface area contributed by atoms with Gasteiger partial charge in [0.05, 0.1) is 5.92 Å². The van der Waals surface area contributed by atoms with E-state index in [1.165, 1.54) is 12.4 Å². The molecule has 2 rings (SSSR count). The molecule has 6 heteroatoms. The summed E-state index contributed by atoms with van der Waals surface area (Å²) in [5, 5.41) is 8.98. The van der Waals surface area contributed by atoms with Crippen molar-refractivity contribution in [3.05, 3.63) is 22.7 Å². The number of H-pyrrole nitrogens is 1. The minimum atomic E-state index is -0.817. The fourth-order valence-electron chi connectivity index (χ4n) is 2.03. The Morgan fingerprint density at radius 2 is 2.38 bits per heavy atom. The maximum atomic E-state index is 11.5. The molecule has 0 radical (unpaired) electrons. The van der Waals surface area contributed by atoms with Gasteiger partial charge in [0.1, 0.15) is 0 Å². The number of carbonyl (C=O) groups is 1. The number of carboxylic acid groups (broad SMARTS) is 1. The van der Waals surface area contributed by atoms with Gasteiger partial charge in [-0.3, -0.25) is 9.59 Å². The number of nitrogens with zero attached hydrogens (tertiary/aromatic N) is 2. The minimum Gasteiger partial charge on any atom is -0.481 e. The van der Waals surface area contributed by atoms with Gasteiger partial charge in [-0.25, -0.2) is 4.98 Å². The van der Waals surface area contributed by atoms with Crippen molar-refractivity contribution in [3.8, 4) is 0 Å². The van der Waals surface area contributed by atoms with E-state index in [9.17, 15) is 9.59 Å². The quantitative estimate of drug-likeness (QED) is 0.732. The van der Waals surface area contributed by atoms with Gasteiger partial charge in [0.2, 0.25) is 0 Å². The van der Waals surface area contributed by atoms with E-state index in [1.807, 2.05) is 6.92 Å². The first kappa shape index (κ1) is 10.7. The molecule has 0 saturated carbocycles. The van der Waals surface area contributed by atoms with Gasteiger partial charge in [0.25, 0.3) is 5.56 Å². The molecule has 1 aliphatic rings. The Labute approximate surface area is 91.9 Å². The lowest BCUT2D eigenvalue weighted by Gasteiger charge is -2.14. The second-order valence-corrected chi connectivity index (χ2v) is 4.07. The zero-order valence-electron chi connectivity index (χ0n) is 8.88. The SMILES string of the molecule is CC1CN(c2ncc[nH]c2=O)CC1C(=O)O. The molecule has 0 aromatic carbocycles. The lowest BCUT2D eigenvalue weighted by Crippen LogP contribution is -2.29. The number of anilines is 1. The molecule has 16 heavy (non-hydrogen) atoms. The summed E-state index contributed by atoms with van der Waals surface area (Å²) >= 11 is 0. The Kier molecular flexibility index (Phi) is 2.64. The van der Waals surface area contributed by atoms with E-state index in [0.29, 0.717) is 18.9 Å². The molecule has 2 atom stereocenters.